The van der Waals surface area contributed by atoms with Crippen molar-refractivity contribution >= 4 is 0 Å². The second-order valence-corrected chi connectivity index (χ2v) is 4.23. The topological polar surface area (TPSA) is 68.8 Å². The summed E-state index contributed by atoms with van der Waals surface area (Å²) in [6, 6.07) is 0.145. The van der Waals surface area contributed by atoms with Gasteiger partial charge in [0.05, 0.1) is 17.9 Å². The van der Waals surface area contributed by atoms with E-state index in [9.17, 15) is 0 Å². The minimum atomic E-state index is 0.145. The summed E-state index contributed by atoms with van der Waals surface area (Å²) in [4.78, 5) is 0. The molecular formula is C10H21N5. The Balaban J connectivity index is 2.76. The molecule has 0 aliphatic carbocycles. The van der Waals surface area contributed by atoms with Gasteiger partial charge in [0.1, 0.15) is 0 Å². The summed E-state index contributed by atoms with van der Waals surface area (Å²) in [5, 5.41) is 7.99. The highest BCUT2D eigenvalue weighted by Crippen LogP contribution is 2.19. The molecule has 1 atom stereocenters. The van der Waals surface area contributed by atoms with Crippen LogP contribution in [0.15, 0.2) is 6.20 Å². The van der Waals surface area contributed by atoms with Crippen molar-refractivity contribution in [1.82, 2.24) is 20.4 Å². The Kier molecular flexibility index (Phi) is 4.71. The van der Waals surface area contributed by atoms with Crippen molar-refractivity contribution in [2.45, 2.75) is 46.2 Å². The molecular weight excluding hydrogens is 190 g/mol. The second-order valence-electron chi connectivity index (χ2n) is 4.23. The molecule has 86 valence electrons. The van der Waals surface area contributed by atoms with Gasteiger partial charge in [-0.15, -0.1) is 5.10 Å². The van der Waals surface area contributed by atoms with Gasteiger partial charge in [0.15, 0.2) is 0 Å². The lowest BCUT2D eigenvalue weighted by atomic mass is 10.0. The molecule has 5 nitrogen and oxygen atoms in total. The SMILES string of the molecule is CCCn1nncc1C(CC(C)C)NN. The molecule has 15 heavy (non-hydrogen) atoms. The fourth-order valence-corrected chi connectivity index (χ4v) is 1.67. The standard InChI is InChI=1S/C10H21N5/c1-4-5-15-10(7-12-14-15)9(13-11)6-8(2)3/h7-9,13H,4-6,11H2,1-3H3. The van der Waals surface area contributed by atoms with Crippen molar-refractivity contribution < 1.29 is 0 Å². The van der Waals surface area contributed by atoms with Crippen molar-refractivity contribution in [3.63, 3.8) is 0 Å². The van der Waals surface area contributed by atoms with Crippen molar-refractivity contribution in [2.75, 3.05) is 0 Å². The molecule has 3 N–H and O–H groups in total. The van der Waals surface area contributed by atoms with Gasteiger partial charge in [-0.05, 0) is 18.8 Å². The van der Waals surface area contributed by atoms with Crippen LogP contribution < -0.4 is 11.3 Å². The molecule has 0 bridgehead atoms. The van der Waals surface area contributed by atoms with E-state index in [1.807, 2.05) is 4.68 Å². The van der Waals surface area contributed by atoms with E-state index in [-0.39, 0.29) is 6.04 Å². The molecule has 1 unspecified atom stereocenters. The van der Waals surface area contributed by atoms with Gasteiger partial charge in [0, 0.05) is 6.54 Å². The lowest BCUT2D eigenvalue weighted by Crippen LogP contribution is -2.31. The number of aryl methyl sites for hydroxylation is 1. The van der Waals surface area contributed by atoms with Crippen LogP contribution in [0.4, 0.5) is 0 Å². The van der Waals surface area contributed by atoms with Crippen LogP contribution in [0.1, 0.15) is 45.3 Å². The van der Waals surface area contributed by atoms with E-state index in [2.05, 4.69) is 36.5 Å². The summed E-state index contributed by atoms with van der Waals surface area (Å²) in [6.07, 6.45) is 3.84. The number of hydrogen-bond acceptors (Lipinski definition) is 4. The lowest BCUT2D eigenvalue weighted by molar-refractivity contribution is 0.405. The number of rotatable bonds is 6. The Bertz CT molecular complexity index is 281. The first-order valence-electron chi connectivity index (χ1n) is 5.53. The maximum atomic E-state index is 5.56. The van der Waals surface area contributed by atoms with Gasteiger partial charge in [0.2, 0.25) is 0 Å². The number of aromatic nitrogens is 3. The molecule has 0 spiro atoms. The molecule has 1 heterocycles. The lowest BCUT2D eigenvalue weighted by Gasteiger charge is -2.18. The average Bonchev–Trinajstić information content (AvgIpc) is 2.63. The number of nitrogens with one attached hydrogen (secondary N) is 1. The third-order valence-corrected chi connectivity index (χ3v) is 2.35. The largest absolute Gasteiger partial charge is 0.271 e. The van der Waals surface area contributed by atoms with Crippen LogP contribution in [0.3, 0.4) is 0 Å². The van der Waals surface area contributed by atoms with Gasteiger partial charge in [0.25, 0.3) is 0 Å². The molecule has 0 amide bonds. The molecule has 1 aromatic heterocycles. The van der Waals surface area contributed by atoms with Crippen LogP contribution in [0, 0.1) is 5.92 Å². The van der Waals surface area contributed by atoms with Gasteiger partial charge >= 0.3 is 0 Å². The third-order valence-electron chi connectivity index (χ3n) is 2.35. The predicted octanol–water partition coefficient (Wildman–Crippen LogP) is 1.24. The fourth-order valence-electron chi connectivity index (χ4n) is 1.67. The van der Waals surface area contributed by atoms with E-state index in [0.717, 1.165) is 25.1 Å². The van der Waals surface area contributed by atoms with Crippen LogP contribution in [0.5, 0.6) is 0 Å². The first kappa shape index (κ1) is 12.1. The van der Waals surface area contributed by atoms with Crippen molar-refractivity contribution in [3.05, 3.63) is 11.9 Å². The third kappa shape index (κ3) is 3.28. The van der Waals surface area contributed by atoms with E-state index in [4.69, 9.17) is 5.84 Å². The van der Waals surface area contributed by atoms with E-state index in [1.54, 1.807) is 6.20 Å². The monoisotopic (exact) mass is 211 g/mol. The molecule has 0 saturated carbocycles. The maximum Gasteiger partial charge on any atom is 0.0770 e. The molecule has 0 radical (unpaired) electrons. The molecule has 0 saturated heterocycles. The summed E-state index contributed by atoms with van der Waals surface area (Å²) in [5.41, 5.74) is 3.91. The highest BCUT2D eigenvalue weighted by molar-refractivity contribution is 5.01. The second kappa shape index (κ2) is 5.82. The smallest absolute Gasteiger partial charge is 0.0770 e. The molecule has 1 rings (SSSR count). The van der Waals surface area contributed by atoms with Crippen molar-refractivity contribution in [2.24, 2.45) is 11.8 Å². The summed E-state index contributed by atoms with van der Waals surface area (Å²) in [7, 11) is 0. The van der Waals surface area contributed by atoms with Gasteiger partial charge in [-0.1, -0.05) is 26.0 Å². The molecule has 0 fully saturated rings. The highest BCUT2D eigenvalue weighted by atomic mass is 15.4. The Labute approximate surface area is 91.0 Å². The highest BCUT2D eigenvalue weighted by Gasteiger charge is 2.16. The zero-order chi connectivity index (χ0) is 11.3. The predicted molar refractivity (Wildman–Crippen MR) is 59.8 cm³/mol. The first-order chi connectivity index (χ1) is 7.19. The first-order valence-corrected chi connectivity index (χ1v) is 5.53. The van der Waals surface area contributed by atoms with E-state index >= 15 is 0 Å². The molecule has 5 heteroatoms. The van der Waals surface area contributed by atoms with E-state index in [0.29, 0.717) is 5.92 Å². The zero-order valence-corrected chi connectivity index (χ0v) is 9.77. The van der Waals surface area contributed by atoms with E-state index < -0.39 is 0 Å². The number of hydrogen-bond donors (Lipinski definition) is 2. The molecule has 0 aliphatic heterocycles. The van der Waals surface area contributed by atoms with Crippen LogP contribution in [0.2, 0.25) is 0 Å². The van der Waals surface area contributed by atoms with Crippen LogP contribution in [0.25, 0.3) is 0 Å². The number of hydrazine groups is 1. The summed E-state index contributed by atoms with van der Waals surface area (Å²) >= 11 is 0. The Hall–Kier alpha value is -0.940. The summed E-state index contributed by atoms with van der Waals surface area (Å²) < 4.78 is 1.92. The van der Waals surface area contributed by atoms with Crippen LogP contribution in [-0.4, -0.2) is 15.0 Å². The minimum absolute atomic E-state index is 0.145. The van der Waals surface area contributed by atoms with Gasteiger partial charge in [-0.25, -0.2) is 4.68 Å². The summed E-state index contributed by atoms with van der Waals surface area (Å²) in [6.45, 7) is 7.38. The Morgan fingerprint density at radius 2 is 2.27 bits per heavy atom. The summed E-state index contributed by atoms with van der Waals surface area (Å²) in [5.74, 6) is 6.15. The van der Waals surface area contributed by atoms with Gasteiger partial charge in [-0.3, -0.25) is 11.3 Å². The van der Waals surface area contributed by atoms with E-state index in [1.165, 1.54) is 0 Å². The normalized spacial score (nSPS) is 13.4. The fraction of sp³-hybridized carbons (Fsp3) is 0.800. The minimum Gasteiger partial charge on any atom is -0.271 e. The van der Waals surface area contributed by atoms with Crippen molar-refractivity contribution in [3.8, 4) is 0 Å². The van der Waals surface area contributed by atoms with Crippen molar-refractivity contribution in [1.29, 1.82) is 0 Å². The number of nitrogens with two attached hydrogens (primary N) is 1. The molecule has 1 aromatic rings. The van der Waals surface area contributed by atoms with Crippen LogP contribution in [-0.2, 0) is 6.54 Å². The average molecular weight is 211 g/mol. The Morgan fingerprint density at radius 1 is 1.53 bits per heavy atom. The van der Waals surface area contributed by atoms with Gasteiger partial charge < -0.3 is 0 Å². The van der Waals surface area contributed by atoms with Gasteiger partial charge in [-0.2, -0.15) is 0 Å². The molecule has 0 aliphatic rings. The zero-order valence-electron chi connectivity index (χ0n) is 9.77. The Morgan fingerprint density at radius 3 is 2.80 bits per heavy atom. The maximum absolute atomic E-state index is 5.56. The quantitative estimate of drug-likeness (QED) is 0.548. The number of nitrogens with zero attached hydrogens (tertiary/aromatic N) is 3. The molecule has 0 aromatic carbocycles. The van der Waals surface area contributed by atoms with Crippen LogP contribution >= 0.6 is 0 Å².